The molecule has 1 aliphatic carbocycles. The van der Waals surface area contributed by atoms with Crippen molar-refractivity contribution >= 4 is 49.5 Å². The number of nitrogens with one attached hydrogen (secondary N) is 1. The molecule has 5 atom stereocenters. The number of hydrogen-bond acceptors (Lipinski definition) is 6. The molecule has 1 aliphatic heterocycles. The summed E-state index contributed by atoms with van der Waals surface area (Å²) in [5.41, 5.74) is 3.37. The van der Waals surface area contributed by atoms with Crippen molar-refractivity contribution in [2.75, 3.05) is 6.54 Å². The molecule has 1 aromatic carbocycles. The van der Waals surface area contributed by atoms with E-state index in [2.05, 4.69) is 54.4 Å². The van der Waals surface area contributed by atoms with Crippen molar-refractivity contribution < 1.29 is 10.2 Å². The first-order valence-corrected chi connectivity index (χ1v) is 12.6. The van der Waals surface area contributed by atoms with E-state index in [0.717, 1.165) is 44.9 Å². The number of pyridine rings is 1. The van der Waals surface area contributed by atoms with Crippen molar-refractivity contribution in [3.8, 4) is 0 Å². The largest absolute Gasteiger partial charge is 0.390 e. The zero-order valence-electron chi connectivity index (χ0n) is 18.6. The maximum Gasteiger partial charge on any atom is 0.143 e. The third kappa shape index (κ3) is 3.55. The van der Waals surface area contributed by atoms with Crippen molar-refractivity contribution in [2.24, 2.45) is 5.41 Å². The number of hydrogen-bond donors (Lipinski definition) is 3. The third-order valence-corrected chi connectivity index (χ3v) is 8.82. The molecule has 4 aromatic rings. The van der Waals surface area contributed by atoms with Crippen molar-refractivity contribution in [2.45, 2.75) is 50.5 Å². The maximum atomic E-state index is 11.2. The van der Waals surface area contributed by atoms with Crippen LogP contribution < -0.4 is 5.32 Å². The van der Waals surface area contributed by atoms with Gasteiger partial charge in [0, 0.05) is 35.0 Å². The van der Waals surface area contributed by atoms with Crippen LogP contribution in [0.4, 0.5) is 0 Å². The first-order valence-electron chi connectivity index (χ1n) is 11.5. The van der Waals surface area contributed by atoms with Gasteiger partial charge >= 0.3 is 0 Å². The Bertz CT molecular complexity index is 1410. The molecule has 0 amide bonds. The number of halogens is 2. The monoisotopic (exact) mass is 541 g/mol. The molecular weight excluding hydrogens is 518 g/mol. The van der Waals surface area contributed by atoms with Crippen LogP contribution in [0.1, 0.15) is 30.1 Å². The Labute approximate surface area is 210 Å². The van der Waals surface area contributed by atoms with E-state index in [1.807, 2.05) is 29.8 Å². The van der Waals surface area contributed by atoms with Gasteiger partial charge in [-0.3, -0.25) is 0 Å². The lowest BCUT2D eigenvalue weighted by Gasteiger charge is -2.27. The summed E-state index contributed by atoms with van der Waals surface area (Å²) in [7, 11) is 0. The molecule has 3 N–H and O–H groups in total. The fraction of sp³-hybridized carbons (Fsp3) is 0.400. The fourth-order valence-corrected chi connectivity index (χ4v) is 6.42. The zero-order chi connectivity index (χ0) is 23.6. The minimum atomic E-state index is -0.850. The Balaban J connectivity index is 1.23. The molecular formula is C25H25BrClN5O2. The van der Waals surface area contributed by atoms with Gasteiger partial charge in [-0.15, -0.1) is 0 Å². The van der Waals surface area contributed by atoms with Crippen LogP contribution in [-0.2, 0) is 6.42 Å². The molecule has 9 heteroatoms. The van der Waals surface area contributed by atoms with E-state index in [-0.39, 0.29) is 17.5 Å². The van der Waals surface area contributed by atoms with E-state index < -0.39 is 12.2 Å². The minimum Gasteiger partial charge on any atom is -0.390 e. The van der Waals surface area contributed by atoms with Crippen LogP contribution in [0.5, 0.6) is 0 Å². The SMILES string of the molecule is Cc1ncnc2c1ccn2[C@@H]1C[C@@]2(CN[C@H](Cc3ccc4cc(Br)c(Cl)nc4c3)C2)[C@@H](O)[C@H]1O. The normalized spacial score (nSPS) is 29.1. The predicted octanol–water partition coefficient (Wildman–Crippen LogP) is 3.96. The average Bonchev–Trinajstić information content (AvgIpc) is 3.49. The Morgan fingerprint density at radius 1 is 1.21 bits per heavy atom. The predicted molar refractivity (Wildman–Crippen MR) is 135 cm³/mol. The Morgan fingerprint density at radius 2 is 2.06 bits per heavy atom. The number of rotatable bonds is 3. The smallest absolute Gasteiger partial charge is 0.143 e. The second-order valence-corrected chi connectivity index (χ2v) is 11.0. The summed E-state index contributed by atoms with van der Waals surface area (Å²) in [5, 5.41) is 28.3. The highest BCUT2D eigenvalue weighted by Gasteiger charge is 2.56. The van der Waals surface area contributed by atoms with Crippen molar-refractivity contribution in [1.82, 2.24) is 24.8 Å². The Morgan fingerprint density at radius 3 is 2.91 bits per heavy atom. The Kier molecular flexibility index (Phi) is 5.42. The van der Waals surface area contributed by atoms with Crippen molar-refractivity contribution in [3.63, 3.8) is 0 Å². The van der Waals surface area contributed by atoms with Crippen molar-refractivity contribution in [1.29, 1.82) is 0 Å². The number of aromatic nitrogens is 4. The van der Waals surface area contributed by atoms with Crippen LogP contribution in [0.3, 0.4) is 0 Å². The van der Waals surface area contributed by atoms with E-state index in [0.29, 0.717) is 18.1 Å². The van der Waals surface area contributed by atoms with Crippen LogP contribution in [-0.4, -0.2) is 54.5 Å². The number of aryl methyl sites for hydroxylation is 1. The van der Waals surface area contributed by atoms with Crippen molar-refractivity contribution in [3.05, 3.63) is 63.7 Å². The second kappa shape index (κ2) is 8.24. The maximum absolute atomic E-state index is 11.2. The quantitative estimate of drug-likeness (QED) is 0.339. The minimum absolute atomic E-state index is 0.204. The summed E-state index contributed by atoms with van der Waals surface area (Å²) in [4.78, 5) is 13.2. The van der Waals surface area contributed by atoms with E-state index >= 15 is 0 Å². The molecule has 6 rings (SSSR count). The topological polar surface area (TPSA) is 96.1 Å². The lowest BCUT2D eigenvalue weighted by molar-refractivity contribution is -0.0217. The summed E-state index contributed by atoms with van der Waals surface area (Å²) in [6, 6.07) is 10.2. The summed E-state index contributed by atoms with van der Waals surface area (Å²) in [5.74, 6) is 0. The van der Waals surface area contributed by atoms with Gasteiger partial charge in [0.1, 0.15) is 23.2 Å². The van der Waals surface area contributed by atoms with Crippen LogP contribution in [0.2, 0.25) is 5.15 Å². The fourth-order valence-electron chi connectivity index (χ4n) is 5.94. The number of aliphatic hydroxyl groups is 2. The van der Waals surface area contributed by atoms with E-state index in [4.69, 9.17) is 11.6 Å². The van der Waals surface area contributed by atoms with Crippen LogP contribution in [0.25, 0.3) is 21.9 Å². The van der Waals surface area contributed by atoms with Gasteiger partial charge in [0.2, 0.25) is 0 Å². The van der Waals surface area contributed by atoms with E-state index in [9.17, 15) is 10.2 Å². The molecule has 0 unspecified atom stereocenters. The van der Waals surface area contributed by atoms with Gasteiger partial charge in [-0.2, -0.15) is 0 Å². The number of nitrogens with zero attached hydrogens (tertiary/aromatic N) is 4. The zero-order valence-corrected chi connectivity index (χ0v) is 21.0. The molecule has 1 spiro atoms. The molecule has 4 heterocycles. The number of aliphatic hydroxyl groups excluding tert-OH is 2. The molecule has 0 bridgehead atoms. The molecule has 2 fully saturated rings. The molecule has 1 saturated carbocycles. The van der Waals surface area contributed by atoms with Gasteiger partial charge in [-0.05, 0) is 65.9 Å². The average molecular weight is 543 g/mol. The molecule has 3 aromatic heterocycles. The molecule has 2 aliphatic rings. The molecule has 34 heavy (non-hydrogen) atoms. The summed E-state index contributed by atoms with van der Waals surface area (Å²) in [6.45, 7) is 2.63. The highest BCUT2D eigenvalue weighted by atomic mass is 79.9. The standard InChI is InChI=1S/C25H25BrClN5O2/c1-13-17-4-5-32(24(17)30-12-29-13)20-10-25(22(34)21(20)33)9-16(28-11-25)6-14-2-3-15-8-18(26)23(27)31-19(15)7-14/h2-5,7-8,12,16,20-22,28,33-34H,6,9-11H2,1H3/t16-,20-,21+,22+,25+/m1/s1. The van der Waals surface area contributed by atoms with Gasteiger partial charge in [0.05, 0.1) is 27.8 Å². The number of fused-ring (bicyclic) bond motifs is 2. The van der Waals surface area contributed by atoms with Crippen LogP contribution in [0, 0.1) is 12.3 Å². The van der Waals surface area contributed by atoms with Crippen LogP contribution >= 0.6 is 27.5 Å². The Hall–Kier alpha value is -2.10. The summed E-state index contributed by atoms with van der Waals surface area (Å²) in [6.07, 6.45) is 4.16. The van der Waals surface area contributed by atoms with Gasteiger partial charge in [0.25, 0.3) is 0 Å². The van der Waals surface area contributed by atoms with Gasteiger partial charge in [-0.1, -0.05) is 23.7 Å². The second-order valence-electron chi connectivity index (χ2n) is 9.76. The highest BCUT2D eigenvalue weighted by Crippen LogP contribution is 2.50. The molecule has 7 nitrogen and oxygen atoms in total. The van der Waals surface area contributed by atoms with Gasteiger partial charge in [0.15, 0.2) is 0 Å². The third-order valence-electron chi connectivity index (χ3n) is 7.70. The molecule has 1 saturated heterocycles. The highest BCUT2D eigenvalue weighted by molar-refractivity contribution is 9.10. The number of benzene rings is 1. The first-order chi connectivity index (χ1) is 16.3. The van der Waals surface area contributed by atoms with Crippen LogP contribution in [0.15, 0.2) is 47.3 Å². The lowest BCUT2D eigenvalue weighted by Crippen LogP contribution is -2.38. The molecule has 176 valence electrons. The van der Waals surface area contributed by atoms with Gasteiger partial charge < -0.3 is 20.1 Å². The lowest BCUT2D eigenvalue weighted by atomic mass is 9.80. The summed E-state index contributed by atoms with van der Waals surface area (Å²) < 4.78 is 2.80. The van der Waals surface area contributed by atoms with Gasteiger partial charge in [-0.25, -0.2) is 15.0 Å². The molecule has 0 radical (unpaired) electrons. The van der Waals surface area contributed by atoms with E-state index in [1.54, 1.807) is 6.33 Å². The van der Waals surface area contributed by atoms with E-state index in [1.165, 1.54) is 5.56 Å². The summed E-state index contributed by atoms with van der Waals surface area (Å²) >= 11 is 9.62. The first kappa shape index (κ1) is 22.4.